The average molecular weight is 344 g/mol. The Balaban J connectivity index is 2.40. The second-order valence-electron chi connectivity index (χ2n) is 4.61. The summed E-state index contributed by atoms with van der Waals surface area (Å²) >= 11 is 3.43. The molecule has 1 aromatic carbocycles. The number of alkyl halides is 1. The molecule has 1 aromatic rings. The van der Waals surface area contributed by atoms with Crippen LogP contribution in [0.5, 0.6) is 17.2 Å². The molecule has 0 spiro atoms. The summed E-state index contributed by atoms with van der Waals surface area (Å²) in [5.41, 5.74) is 0.771. The van der Waals surface area contributed by atoms with E-state index in [1.54, 1.807) is 38.4 Å². The van der Waals surface area contributed by atoms with Crippen molar-refractivity contribution in [3.63, 3.8) is 0 Å². The van der Waals surface area contributed by atoms with E-state index < -0.39 is 0 Å². The number of ether oxygens (including phenoxy) is 3. The Labute approximate surface area is 126 Å². The highest BCUT2D eigenvalue weighted by atomic mass is 79.9. The molecule has 1 heterocycles. The molecule has 1 fully saturated rings. The lowest BCUT2D eigenvalue weighted by Gasteiger charge is -2.20. The maximum absolute atomic E-state index is 12.1. The number of benzene rings is 1. The van der Waals surface area contributed by atoms with Gasteiger partial charge in [0.25, 0.3) is 0 Å². The smallest absolute Gasteiger partial charge is 0.227 e. The first kappa shape index (κ1) is 15.0. The maximum Gasteiger partial charge on any atom is 0.227 e. The summed E-state index contributed by atoms with van der Waals surface area (Å²) in [5.74, 6) is 2.08. The van der Waals surface area contributed by atoms with Crippen molar-refractivity contribution in [1.29, 1.82) is 0 Å². The number of anilines is 1. The van der Waals surface area contributed by atoms with Crippen molar-refractivity contribution in [3.05, 3.63) is 12.1 Å². The molecular weight excluding hydrogens is 326 g/mol. The van der Waals surface area contributed by atoms with Gasteiger partial charge in [-0.05, 0) is 5.92 Å². The molecule has 0 aliphatic carbocycles. The summed E-state index contributed by atoms with van der Waals surface area (Å²) in [6.07, 6.45) is 0.557. The normalized spacial score (nSPS) is 18.3. The first-order chi connectivity index (χ1) is 9.64. The molecule has 0 saturated carbocycles. The number of methoxy groups -OCH3 is 3. The van der Waals surface area contributed by atoms with E-state index in [1.165, 1.54) is 0 Å². The van der Waals surface area contributed by atoms with Crippen LogP contribution in [-0.2, 0) is 4.79 Å². The first-order valence-electron chi connectivity index (χ1n) is 6.30. The molecule has 0 aromatic heterocycles. The van der Waals surface area contributed by atoms with E-state index in [2.05, 4.69) is 15.9 Å². The van der Waals surface area contributed by atoms with E-state index in [0.29, 0.717) is 36.1 Å². The molecule has 5 nitrogen and oxygen atoms in total. The number of nitrogens with zero attached hydrogens (tertiary/aromatic N) is 1. The van der Waals surface area contributed by atoms with Crippen molar-refractivity contribution in [1.82, 2.24) is 0 Å². The first-order valence-corrected chi connectivity index (χ1v) is 7.43. The SMILES string of the molecule is COc1cc(N2CC(CBr)CC2=O)cc(OC)c1OC. The fourth-order valence-electron chi connectivity index (χ4n) is 2.36. The molecule has 1 unspecified atom stereocenters. The largest absolute Gasteiger partial charge is 0.493 e. The lowest BCUT2D eigenvalue weighted by molar-refractivity contribution is -0.117. The lowest BCUT2D eigenvalue weighted by Crippen LogP contribution is -2.24. The Morgan fingerprint density at radius 2 is 1.80 bits per heavy atom. The van der Waals surface area contributed by atoms with Crippen molar-refractivity contribution in [2.45, 2.75) is 6.42 Å². The second kappa shape index (κ2) is 6.35. The van der Waals surface area contributed by atoms with Crippen molar-refractivity contribution >= 4 is 27.5 Å². The van der Waals surface area contributed by atoms with Gasteiger partial charge in [-0.1, -0.05) is 15.9 Å². The van der Waals surface area contributed by atoms with Crippen LogP contribution in [0.3, 0.4) is 0 Å². The highest BCUT2D eigenvalue weighted by molar-refractivity contribution is 9.09. The molecule has 2 rings (SSSR count). The maximum atomic E-state index is 12.1. The molecule has 0 radical (unpaired) electrons. The molecule has 0 N–H and O–H groups in total. The molecule has 1 amide bonds. The summed E-state index contributed by atoms with van der Waals surface area (Å²) in [5, 5.41) is 0.819. The Hall–Kier alpha value is -1.43. The summed E-state index contributed by atoms with van der Waals surface area (Å²) in [6, 6.07) is 3.60. The van der Waals surface area contributed by atoms with Crippen molar-refractivity contribution in [2.75, 3.05) is 38.1 Å². The fraction of sp³-hybridized carbons (Fsp3) is 0.500. The predicted octanol–water partition coefficient (Wildman–Crippen LogP) is 2.46. The van der Waals surface area contributed by atoms with Gasteiger partial charge in [0.2, 0.25) is 11.7 Å². The molecule has 1 aliphatic rings. The Morgan fingerprint density at radius 1 is 1.20 bits per heavy atom. The van der Waals surface area contributed by atoms with E-state index in [0.717, 1.165) is 11.0 Å². The van der Waals surface area contributed by atoms with Crippen LogP contribution in [0.2, 0.25) is 0 Å². The third kappa shape index (κ3) is 2.70. The van der Waals surface area contributed by atoms with Gasteiger partial charge in [0, 0.05) is 30.4 Å². The minimum Gasteiger partial charge on any atom is -0.493 e. The molecule has 1 atom stereocenters. The molecule has 0 bridgehead atoms. The van der Waals surface area contributed by atoms with Gasteiger partial charge in [0.1, 0.15) is 0 Å². The van der Waals surface area contributed by atoms with Crippen LogP contribution in [0.25, 0.3) is 0 Å². The number of carbonyl (C=O) groups excluding carboxylic acids is 1. The summed E-state index contributed by atoms with van der Waals surface area (Å²) in [6.45, 7) is 0.697. The summed E-state index contributed by atoms with van der Waals surface area (Å²) in [7, 11) is 4.68. The minimum absolute atomic E-state index is 0.115. The number of halogens is 1. The van der Waals surface area contributed by atoms with Crippen LogP contribution >= 0.6 is 15.9 Å². The average Bonchev–Trinajstić information content (AvgIpc) is 2.86. The Morgan fingerprint density at radius 3 is 2.20 bits per heavy atom. The van der Waals surface area contributed by atoms with Crippen LogP contribution in [0.15, 0.2) is 12.1 Å². The molecule has 1 saturated heterocycles. The van der Waals surface area contributed by atoms with Crippen molar-refractivity contribution in [2.24, 2.45) is 5.92 Å². The van der Waals surface area contributed by atoms with E-state index in [4.69, 9.17) is 14.2 Å². The molecular formula is C14H18BrNO4. The fourth-order valence-corrected chi connectivity index (χ4v) is 2.79. The predicted molar refractivity (Wildman–Crippen MR) is 80.4 cm³/mol. The van der Waals surface area contributed by atoms with Crippen LogP contribution in [0, 0.1) is 5.92 Å². The number of carbonyl (C=O) groups is 1. The summed E-state index contributed by atoms with van der Waals surface area (Å²) in [4.78, 5) is 13.9. The second-order valence-corrected chi connectivity index (χ2v) is 5.26. The molecule has 20 heavy (non-hydrogen) atoms. The molecule has 6 heteroatoms. The van der Waals surface area contributed by atoms with Gasteiger partial charge in [-0.3, -0.25) is 4.79 Å². The Kier molecular flexibility index (Phi) is 4.75. The van der Waals surface area contributed by atoms with E-state index >= 15 is 0 Å². The zero-order chi connectivity index (χ0) is 14.7. The van der Waals surface area contributed by atoms with Gasteiger partial charge in [-0.2, -0.15) is 0 Å². The van der Waals surface area contributed by atoms with Gasteiger partial charge >= 0.3 is 0 Å². The van der Waals surface area contributed by atoms with E-state index in [9.17, 15) is 4.79 Å². The zero-order valence-corrected chi connectivity index (χ0v) is 13.4. The van der Waals surface area contributed by atoms with Crippen molar-refractivity contribution < 1.29 is 19.0 Å². The van der Waals surface area contributed by atoms with Gasteiger partial charge < -0.3 is 19.1 Å². The standard InChI is InChI=1S/C14H18BrNO4/c1-18-11-5-10(6-12(19-2)14(11)20-3)16-8-9(7-15)4-13(16)17/h5-6,9H,4,7-8H2,1-3H3. The van der Waals surface area contributed by atoms with Crippen LogP contribution in [0.1, 0.15) is 6.42 Å². The number of amides is 1. The zero-order valence-electron chi connectivity index (χ0n) is 11.8. The van der Waals surface area contributed by atoms with Crippen LogP contribution < -0.4 is 19.1 Å². The molecule has 1 aliphatic heterocycles. The van der Waals surface area contributed by atoms with Gasteiger partial charge in [-0.25, -0.2) is 0 Å². The quantitative estimate of drug-likeness (QED) is 0.770. The lowest BCUT2D eigenvalue weighted by atomic mass is 10.2. The monoisotopic (exact) mass is 343 g/mol. The third-order valence-corrected chi connectivity index (χ3v) is 4.30. The van der Waals surface area contributed by atoms with Gasteiger partial charge in [-0.15, -0.1) is 0 Å². The van der Waals surface area contributed by atoms with Gasteiger partial charge in [0.15, 0.2) is 11.5 Å². The van der Waals surface area contributed by atoms with Crippen LogP contribution in [-0.4, -0.2) is 39.1 Å². The number of hydrogen-bond donors (Lipinski definition) is 0. The number of hydrogen-bond acceptors (Lipinski definition) is 4. The summed E-state index contributed by atoms with van der Waals surface area (Å²) < 4.78 is 15.9. The topological polar surface area (TPSA) is 48.0 Å². The van der Waals surface area contributed by atoms with E-state index in [-0.39, 0.29) is 5.91 Å². The Bertz CT molecular complexity index is 481. The van der Waals surface area contributed by atoms with Crippen molar-refractivity contribution in [3.8, 4) is 17.2 Å². The van der Waals surface area contributed by atoms with E-state index in [1.807, 2.05) is 0 Å². The number of rotatable bonds is 5. The highest BCUT2D eigenvalue weighted by Crippen LogP contribution is 2.42. The minimum atomic E-state index is 0.115. The third-order valence-electron chi connectivity index (χ3n) is 3.38. The highest BCUT2D eigenvalue weighted by Gasteiger charge is 2.31. The van der Waals surface area contributed by atoms with Crippen LogP contribution in [0.4, 0.5) is 5.69 Å². The molecule has 110 valence electrons. The van der Waals surface area contributed by atoms with Gasteiger partial charge in [0.05, 0.1) is 27.0 Å².